The lowest BCUT2D eigenvalue weighted by molar-refractivity contribution is -0.731. The number of methoxy groups -OCH3 is 1. The highest BCUT2D eigenvalue weighted by Crippen LogP contribution is 2.40. The van der Waals surface area contributed by atoms with Gasteiger partial charge in [-0.2, -0.15) is 4.57 Å². The minimum Gasteiger partial charge on any atom is -0.501 e. The Kier molecular flexibility index (Phi) is 4.81. The topological polar surface area (TPSA) is 30.2 Å². The average Bonchev–Trinajstić information content (AvgIpc) is 3.03. The van der Waals surface area contributed by atoms with Crippen LogP contribution < -0.4 is 4.57 Å². The number of ketones is 1. The molecule has 3 nitrogen and oxygen atoms in total. The number of thiophene rings is 1. The Morgan fingerprint density at radius 2 is 2.00 bits per heavy atom. The van der Waals surface area contributed by atoms with Gasteiger partial charge in [0.05, 0.1) is 12.9 Å². The van der Waals surface area contributed by atoms with Crippen LogP contribution in [0.15, 0.2) is 47.7 Å². The van der Waals surface area contributed by atoms with Gasteiger partial charge in [-0.05, 0) is 31.4 Å². The molecule has 1 aliphatic rings. The van der Waals surface area contributed by atoms with Gasteiger partial charge in [-0.3, -0.25) is 4.79 Å². The van der Waals surface area contributed by atoms with Gasteiger partial charge in [-0.1, -0.05) is 0 Å². The number of allylic oxidation sites excluding steroid dienone is 2. The molecule has 0 saturated carbocycles. The van der Waals surface area contributed by atoms with Crippen molar-refractivity contribution in [1.82, 2.24) is 0 Å². The molecule has 0 N–H and O–H groups in total. The maximum Gasteiger partial charge on any atom is 0.223 e. The molecule has 0 unspecified atom stereocenters. The molecule has 2 aromatic heterocycles. The largest absolute Gasteiger partial charge is 0.501 e. The van der Waals surface area contributed by atoms with Crippen molar-refractivity contribution in [2.75, 3.05) is 7.11 Å². The van der Waals surface area contributed by atoms with Crippen molar-refractivity contribution in [2.24, 2.45) is 0 Å². The molecular weight excluding hydrogens is 294 g/mol. The van der Waals surface area contributed by atoms with Crippen LogP contribution in [0.3, 0.4) is 0 Å². The Hall–Kier alpha value is -1.94. The SMILES string of the molecule is CC1(C)c2ccsc2-c2cccc[n+]21.CO/C(C)=C\C(C)=O. The minimum atomic E-state index is 0.0179. The minimum absolute atomic E-state index is 0.0179. The van der Waals surface area contributed by atoms with E-state index in [0.717, 1.165) is 0 Å². The van der Waals surface area contributed by atoms with E-state index in [1.165, 1.54) is 36.2 Å². The standard InChI is InChI=1S/C12H12NS.C6H10O2/c1-12(2)9-6-8-14-11(9)10-5-3-4-7-13(10)12;1-5(7)4-6(2)8-3/h3-8H,1-2H3;4H,1-3H3/q+1;/b;6-4-. The van der Waals surface area contributed by atoms with Crippen molar-refractivity contribution >= 4 is 17.1 Å². The van der Waals surface area contributed by atoms with Gasteiger partial charge in [0.25, 0.3) is 0 Å². The van der Waals surface area contributed by atoms with Gasteiger partial charge in [0, 0.05) is 37.6 Å². The molecule has 1 aliphatic heterocycles. The average molecular weight is 316 g/mol. The first-order valence-electron chi connectivity index (χ1n) is 7.20. The summed E-state index contributed by atoms with van der Waals surface area (Å²) >= 11 is 1.84. The van der Waals surface area contributed by atoms with Crippen LogP contribution in [0.1, 0.15) is 33.3 Å². The number of fused-ring (bicyclic) bond motifs is 3. The van der Waals surface area contributed by atoms with Gasteiger partial charge in [-0.15, -0.1) is 11.3 Å². The molecule has 0 amide bonds. The Morgan fingerprint density at radius 3 is 2.59 bits per heavy atom. The first kappa shape index (κ1) is 16.4. The zero-order valence-electron chi connectivity index (χ0n) is 13.7. The summed E-state index contributed by atoms with van der Waals surface area (Å²) in [6.07, 6.45) is 3.61. The first-order chi connectivity index (χ1) is 10.4. The smallest absolute Gasteiger partial charge is 0.223 e. The molecule has 0 atom stereocenters. The van der Waals surface area contributed by atoms with E-state index in [-0.39, 0.29) is 11.3 Å². The zero-order chi connectivity index (χ0) is 16.3. The number of hydrogen-bond acceptors (Lipinski definition) is 3. The number of carbonyl (C=O) groups is 1. The Balaban J connectivity index is 0.000000192. The monoisotopic (exact) mass is 316 g/mol. The van der Waals surface area contributed by atoms with Gasteiger partial charge < -0.3 is 4.74 Å². The number of carbonyl (C=O) groups excluding carboxylic acids is 1. The van der Waals surface area contributed by atoms with Gasteiger partial charge in [0.15, 0.2) is 17.5 Å². The molecule has 0 aromatic carbocycles. The third kappa shape index (κ3) is 3.12. The van der Waals surface area contributed by atoms with Crippen LogP contribution in [0, 0.1) is 0 Å². The molecule has 116 valence electrons. The van der Waals surface area contributed by atoms with E-state index in [2.05, 4.69) is 54.3 Å². The summed E-state index contributed by atoms with van der Waals surface area (Å²) in [6.45, 7) is 7.77. The third-order valence-electron chi connectivity index (χ3n) is 3.75. The molecule has 3 rings (SSSR count). The molecular formula is C18H22NO2S+. The fraction of sp³-hybridized carbons (Fsp3) is 0.333. The second kappa shape index (κ2) is 6.44. The number of aromatic nitrogens is 1. The van der Waals surface area contributed by atoms with Crippen molar-refractivity contribution in [3.8, 4) is 10.6 Å². The normalized spacial score (nSPS) is 14.5. The van der Waals surface area contributed by atoms with E-state index >= 15 is 0 Å². The van der Waals surface area contributed by atoms with Crippen LogP contribution in [0.25, 0.3) is 10.6 Å². The summed E-state index contributed by atoms with van der Waals surface area (Å²) in [6, 6.07) is 8.65. The molecule has 0 bridgehead atoms. The lowest BCUT2D eigenvalue weighted by Crippen LogP contribution is -2.50. The van der Waals surface area contributed by atoms with Crippen molar-refractivity contribution in [3.63, 3.8) is 0 Å². The molecule has 0 radical (unpaired) electrons. The van der Waals surface area contributed by atoms with Crippen LogP contribution >= 0.6 is 11.3 Å². The van der Waals surface area contributed by atoms with Gasteiger partial charge in [0.2, 0.25) is 5.69 Å². The maximum absolute atomic E-state index is 10.3. The first-order valence-corrected chi connectivity index (χ1v) is 8.08. The number of pyridine rings is 1. The molecule has 3 heterocycles. The Labute approximate surface area is 135 Å². The summed E-state index contributed by atoms with van der Waals surface area (Å²) in [5.74, 6) is 0.668. The lowest BCUT2D eigenvalue weighted by Gasteiger charge is -2.13. The number of ether oxygens (including phenoxy) is 1. The van der Waals surface area contributed by atoms with Crippen LogP contribution in [0.5, 0.6) is 0 Å². The second-order valence-electron chi connectivity index (χ2n) is 5.75. The van der Waals surface area contributed by atoms with E-state index < -0.39 is 0 Å². The van der Waals surface area contributed by atoms with E-state index in [4.69, 9.17) is 4.74 Å². The fourth-order valence-corrected chi connectivity index (χ4v) is 3.65. The number of hydrogen-bond donors (Lipinski definition) is 0. The molecule has 0 aliphatic carbocycles. The third-order valence-corrected chi connectivity index (χ3v) is 4.68. The highest BCUT2D eigenvalue weighted by atomic mass is 32.1. The predicted molar refractivity (Wildman–Crippen MR) is 89.8 cm³/mol. The van der Waals surface area contributed by atoms with E-state index in [0.29, 0.717) is 5.76 Å². The summed E-state index contributed by atoms with van der Waals surface area (Å²) in [5.41, 5.74) is 2.92. The Morgan fingerprint density at radius 1 is 1.27 bits per heavy atom. The van der Waals surface area contributed by atoms with Crippen molar-refractivity contribution in [3.05, 3.63) is 53.2 Å². The summed E-state index contributed by atoms with van der Waals surface area (Å²) in [7, 11) is 1.54. The van der Waals surface area contributed by atoms with Crippen molar-refractivity contribution in [1.29, 1.82) is 0 Å². The quantitative estimate of drug-likeness (QED) is 0.477. The van der Waals surface area contributed by atoms with Gasteiger partial charge in [0.1, 0.15) is 4.88 Å². The lowest BCUT2D eigenvalue weighted by atomic mass is 9.98. The second-order valence-corrected chi connectivity index (χ2v) is 6.66. The highest BCUT2D eigenvalue weighted by Gasteiger charge is 2.43. The van der Waals surface area contributed by atoms with Gasteiger partial charge >= 0.3 is 0 Å². The number of rotatable bonds is 2. The van der Waals surface area contributed by atoms with E-state index in [1.54, 1.807) is 6.92 Å². The Bertz CT molecular complexity index is 713. The zero-order valence-corrected chi connectivity index (χ0v) is 14.5. The molecule has 2 aromatic rings. The molecule has 22 heavy (non-hydrogen) atoms. The van der Waals surface area contributed by atoms with Gasteiger partial charge in [-0.25, -0.2) is 0 Å². The molecule has 0 fully saturated rings. The molecule has 4 heteroatoms. The van der Waals surface area contributed by atoms with E-state index in [1.807, 2.05) is 11.3 Å². The van der Waals surface area contributed by atoms with Crippen LogP contribution in [-0.4, -0.2) is 12.9 Å². The summed E-state index contributed by atoms with van der Waals surface area (Å²) < 4.78 is 7.06. The number of nitrogens with zero attached hydrogens (tertiary/aromatic N) is 1. The summed E-state index contributed by atoms with van der Waals surface area (Å²) in [5, 5.41) is 2.18. The maximum atomic E-state index is 10.3. The van der Waals surface area contributed by atoms with E-state index in [9.17, 15) is 4.79 Å². The molecule has 0 spiro atoms. The van der Waals surface area contributed by atoms with Crippen LogP contribution in [0.4, 0.5) is 0 Å². The summed E-state index contributed by atoms with van der Waals surface area (Å²) in [4.78, 5) is 11.7. The van der Waals surface area contributed by atoms with Crippen molar-refractivity contribution < 1.29 is 14.1 Å². The highest BCUT2D eigenvalue weighted by molar-refractivity contribution is 7.13. The fourth-order valence-electron chi connectivity index (χ4n) is 2.58. The predicted octanol–water partition coefficient (Wildman–Crippen LogP) is 3.93. The van der Waals surface area contributed by atoms with Crippen molar-refractivity contribution in [2.45, 2.75) is 33.2 Å². The molecule has 0 saturated heterocycles. The van der Waals surface area contributed by atoms with Crippen LogP contribution in [-0.2, 0) is 15.1 Å². The van der Waals surface area contributed by atoms with Crippen LogP contribution in [0.2, 0.25) is 0 Å².